The fourth-order valence-electron chi connectivity index (χ4n) is 1.64. The zero-order valence-corrected chi connectivity index (χ0v) is 9.25. The molecular weight excluding hydrogens is 226 g/mol. The number of nitrogens with two attached hydrogens (primary N) is 1. The second-order valence-corrected chi connectivity index (χ2v) is 4.34. The van der Waals surface area contributed by atoms with E-state index < -0.39 is 17.5 Å². The lowest BCUT2D eigenvalue weighted by atomic mass is 10.1. The Morgan fingerprint density at radius 2 is 2.12 bits per heavy atom. The van der Waals surface area contributed by atoms with Crippen LogP contribution in [0.2, 0.25) is 0 Å². The zero-order chi connectivity index (χ0) is 12.4. The molecular formula is C12H14F2N2O. The van der Waals surface area contributed by atoms with Crippen LogP contribution in [0.4, 0.5) is 8.78 Å². The highest BCUT2D eigenvalue weighted by Crippen LogP contribution is 2.31. The van der Waals surface area contributed by atoms with E-state index in [0.29, 0.717) is 12.5 Å². The maximum absolute atomic E-state index is 12.9. The van der Waals surface area contributed by atoms with Crippen molar-refractivity contribution in [1.82, 2.24) is 5.32 Å². The van der Waals surface area contributed by atoms with E-state index in [-0.39, 0.29) is 11.6 Å². The second-order valence-electron chi connectivity index (χ2n) is 4.34. The number of carbonyl (C=O) groups excluding carboxylic acids is 1. The van der Waals surface area contributed by atoms with Crippen LogP contribution in [-0.2, 0) is 0 Å². The number of rotatable bonds is 4. The Morgan fingerprint density at radius 3 is 2.71 bits per heavy atom. The van der Waals surface area contributed by atoms with Crippen molar-refractivity contribution in [3.63, 3.8) is 0 Å². The van der Waals surface area contributed by atoms with Crippen molar-refractivity contribution in [3.8, 4) is 0 Å². The van der Waals surface area contributed by atoms with Crippen molar-refractivity contribution in [2.45, 2.75) is 18.9 Å². The van der Waals surface area contributed by atoms with Crippen molar-refractivity contribution >= 4 is 5.91 Å². The molecule has 3 nitrogen and oxygen atoms in total. The zero-order valence-electron chi connectivity index (χ0n) is 9.25. The monoisotopic (exact) mass is 240 g/mol. The first-order valence-electron chi connectivity index (χ1n) is 5.57. The number of hydrogen-bond acceptors (Lipinski definition) is 2. The molecule has 0 spiro atoms. The van der Waals surface area contributed by atoms with Crippen molar-refractivity contribution in [1.29, 1.82) is 0 Å². The lowest BCUT2D eigenvalue weighted by molar-refractivity contribution is 0.0949. The fourth-order valence-corrected chi connectivity index (χ4v) is 1.64. The molecule has 5 heteroatoms. The maximum Gasteiger partial charge on any atom is 0.251 e. The van der Waals surface area contributed by atoms with Gasteiger partial charge >= 0.3 is 0 Å². The minimum Gasteiger partial charge on any atom is -0.350 e. The highest BCUT2D eigenvalue weighted by Gasteiger charge is 2.28. The Morgan fingerprint density at radius 1 is 1.41 bits per heavy atom. The van der Waals surface area contributed by atoms with Gasteiger partial charge in [0, 0.05) is 18.2 Å². The summed E-state index contributed by atoms with van der Waals surface area (Å²) in [6, 6.07) is 3.01. The van der Waals surface area contributed by atoms with Crippen molar-refractivity contribution in [3.05, 3.63) is 35.4 Å². The summed E-state index contributed by atoms with van der Waals surface area (Å²) >= 11 is 0. The average molecular weight is 240 g/mol. The largest absolute Gasteiger partial charge is 0.350 e. The summed E-state index contributed by atoms with van der Waals surface area (Å²) in [5.74, 6) is -1.93. The molecule has 0 heterocycles. The van der Waals surface area contributed by atoms with Crippen LogP contribution in [0, 0.1) is 17.6 Å². The summed E-state index contributed by atoms with van der Waals surface area (Å²) in [6.07, 6.45) is 2.20. The number of amides is 1. The second kappa shape index (κ2) is 4.79. The molecule has 1 aliphatic rings. The van der Waals surface area contributed by atoms with Crippen LogP contribution in [0.25, 0.3) is 0 Å². The third-order valence-electron chi connectivity index (χ3n) is 2.91. The van der Waals surface area contributed by atoms with Crippen molar-refractivity contribution in [2.24, 2.45) is 11.7 Å². The van der Waals surface area contributed by atoms with Gasteiger partial charge in [0.05, 0.1) is 0 Å². The lowest BCUT2D eigenvalue weighted by Gasteiger charge is -2.11. The summed E-state index contributed by atoms with van der Waals surface area (Å²) < 4.78 is 25.6. The Hall–Kier alpha value is -1.49. The van der Waals surface area contributed by atoms with Crippen molar-refractivity contribution < 1.29 is 13.6 Å². The van der Waals surface area contributed by atoms with E-state index in [9.17, 15) is 13.6 Å². The van der Waals surface area contributed by atoms with Gasteiger partial charge in [0.15, 0.2) is 11.6 Å². The van der Waals surface area contributed by atoms with Gasteiger partial charge in [-0.05, 0) is 37.0 Å². The molecule has 17 heavy (non-hydrogen) atoms. The minimum atomic E-state index is -1.02. The van der Waals surface area contributed by atoms with Crippen LogP contribution in [-0.4, -0.2) is 18.5 Å². The molecule has 0 aromatic heterocycles. The van der Waals surface area contributed by atoms with Gasteiger partial charge in [-0.15, -0.1) is 0 Å². The maximum atomic E-state index is 12.9. The van der Waals surface area contributed by atoms with Gasteiger partial charge in [0.25, 0.3) is 5.91 Å². The number of nitrogens with one attached hydrogen (secondary N) is 1. The van der Waals surface area contributed by atoms with E-state index in [4.69, 9.17) is 5.73 Å². The molecule has 1 aromatic carbocycles. The van der Waals surface area contributed by atoms with Gasteiger partial charge < -0.3 is 11.1 Å². The lowest BCUT2D eigenvalue weighted by Crippen LogP contribution is -2.38. The van der Waals surface area contributed by atoms with E-state index >= 15 is 0 Å². The molecule has 0 bridgehead atoms. The molecule has 92 valence electrons. The summed E-state index contributed by atoms with van der Waals surface area (Å²) in [5, 5.41) is 2.61. The Kier molecular flexibility index (Phi) is 3.38. The SMILES string of the molecule is N[C@@H](CNC(=O)c1ccc(F)c(F)c1)C1CC1. The van der Waals surface area contributed by atoms with Gasteiger partial charge in [-0.2, -0.15) is 0 Å². The van der Waals surface area contributed by atoms with Gasteiger partial charge in [0.2, 0.25) is 0 Å². The van der Waals surface area contributed by atoms with Gasteiger partial charge in [-0.25, -0.2) is 8.78 Å². The summed E-state index contributed by atoms with van der Waals surface area (Å²) in [5.41, 5.74) is 5.91. The first kappa shape index (κ1) is 12.0. The summed E-state index contributed by atoms with van der Waals surface area (Å²) in [6.45, 7) is 0.364. The van der Waals surface area contributed by atoms with Gasteiger partial charge in [0.1, 0.15) is 0 Å². The molecule has 1 amide bonds. The molecule has 1 saturated carbocycles. The van der Waals surface area contributed by atoms with E-state index in [1.807, 2.05) is 0 Å². The number of halogens is 2. The van der Waals surface area contributed by atoms with Crippen LogP contribution >= 0.6 is 0 Å². The molecule has 1 aliphatic carbocycles. The van der Waals surface area contributed by atoms with E-state index in [1.165, 1.54) is 6.07 Å². The third kappa shape index (κ3) is 3.00. The molecule has 0 saturated heterocycles. The summed E-state index contributed by atoms with van der Waals surface area (Å²) in [7, 11) is 0. The van der Waals surface area contributed by atoms with E-state index in [2.05, 4.69) is 5.32 Å². The molecule has 1 fully saturated rings. The molecule has 0 radical (unpaired) electrons. The summed E-state index contributed by atoms with van der Waals surface area (Å²) in [4.78, 5) is 11.6. The highest BCUT2D eigenvalue weighted by atomic mass is 19.2. The quantitative estimate of drug-likeness (QED) is 0.836. The van der Waals surface area contributed by atoms with Gasteiger partial charge in [-0.3, -0.25) is 4.79 Å². The predicted molar refractivity (Wildman–Crippen MR) is 59.4 cm³/mol. The van der Waals surface area contributed by atoms with Crippen LogP contribution < -0.4 is 11.1 Å². The third-order valence-corrected chi connectivity index (χ3v) is 2.91. The molecule has 0 unspecified atom stereocenters. The Bertz CT molecular complexity index is 433. The average Bonchev–Trinajstić information content (AvgIpc) is 3.13. The number of hydrogen-bond donors (Lipinski definition) is 2. The van der Waals surface area contributed by atoms with Gasteiger partial charge in [-0.1, -0.05) is 0 Å². The molecule has 2 rings (SSSR count). The van der Waals surface area contributed by atoms with E-state index in [0.717, 1.165) is 25.0 Å². The Labute approximate surface area is 98.0 Å². The van der Waals surface area contributed by atoms with Crippen LogP contribution in [0.5, 0.6) is 0 Å². The predicted octanol–water partition coefficient (Wildman–Crippen LogP) is 1.43. The minimum absolute atomic E-state index is 0.0516. The topological polar surface area (TPSA) is 55.1 Å². The first-order chi connectivity index (χ1) is 8.08. The number of carbonyl (C=O) groups is 1. The Balaban J connectivity index is 1.92. The normalized spacial score (nSPS) is 16.6. The molecule has 1 aromatic rings. The highest BCUT2D eigenvalue weighted by molar-refractivity contribution is 5.94. The van der Waals surface area contributed by atoms with E-state index in [1.54, 1.807) is 0 Å². The van der Waals surface area contributed by atoms with Crippen molar-refractivity contribution in [2.75, 3.05) is 6.54 Å². The fraction of sp³-hybridized carbons (Fsp3) is 0.417. The molecule has 3 N–H and O–H groups in total. The standard InChI is InChI=1S/C12H14F2N2O/c13-9-4-3-8(5-10(9)14)12(17)16-6-11(15)7-1-2-7/h3-5,7,11H,1-2,6,15H2,(H,16,17)/t11-/m0/s1. The van der Waals surface area contributed by atoms with Crippen LogP contribution in [0.3, 0.4) is 0 Å². The first-order valence-corrected chi connectivity index (χ1v) is 5.57. The molecule has 1 atom stereocenters. The smallest absolute Gasteiger partial charge is 0.251 e. The molecule has 0 aliphatic heterocycles. The number of benzene rings is 1. The van der Waals surface area contributed by atoms with Crippen LogP contribution in [0.15, 0.2) is 18.2 Å². The van der Waals surface area contributed by atoms with Crippen LogP contribution in [0.1, 0.15) is 23.2 Å².